The van der Waals surface area contributed by atoms with Gasteiger partial charge in [-0.05, 0) is 45.6 Å². The summed E-state index contributed by atoms with van der Waals surface area (Å²) < 4.78 is 1.42. The molecular formula is C14H8BrNOS3. The molecule has 100 valence electrons. The first-order chi connectivity index (χ1) is 9.66. The van der Waals surface area contributed by atoms with Crippen molar-refractivity contribution in [1.82, 2.24) is 0 Å². The number of amides is 1. The maximum Gasteiger partial charge on any atom is 0.270 e. The van der Waals surface area contributed by atoms with E-state index in [9.17, 15) is 4.79 Å². The van der Waals surface area contributed by atoms with E-state index in [2.05, 4.69) is 15.9 Å². The van der Waals surface area contributed by atoms with Crippen molar-refractivity contribution >= 4 is 73.2 Å². The number of thiocarbonyl (C=S) groups is 1. The monoisotopic (exact) mass is 381 g/mol. The van der Waals surface area contributed by atoms with E-state index in [1.165, 1.54) is 11.8 Å². The third-order valence-corrected chi connectivity index (χ3v) is 5.50. The molecule has 20 heavy (non-hydrogen) atoms. The Kier molecular flexibility index (Phi) is 4.07. The number of hydrogen-bond donors (Lipinski definition) is 0. The van der Waals surface area contributed by atoms with Gasteiger partial charge in [0.15, 0.2) is 4.32 Å². The van der Waals surface area contributed by atoms with Crippen LogP contribution in [-0.4, -0.2) is 10.2 Å². The highest BCUT2D eigenvalue weighted by Gasteiger charge is 2.34. The van der Waals surface area contributed by atoms with E-state index >= 15 is 0 Å². The topological polar surface area (TPSA) is 20.3 Å². The van der Waals surface area contributed by atoms with Crippen molar-refractivity contribution in [2.24, 2.45) is 0 Å². The molecule has 0 atom stereocenters. The molecule has 1 fully saturated rings. The molecule has 1 amide bonds. The molecule has 6 heteroatoms. The molecule has 3 rings (SSSR count). The fourth-order valence-electron chi connectivity index (χ4n) is 1.81. The molecule has 0 aliphatic carbocycles. The Morgan fingerprint density at radius 1 is 1.20 bits per heavy atom. The van der Waals surface area contributed by atoms with E-state index in [0.717, 1.165) is 15.0 Å². The smallest absolute Gasteiger partial charge is 0.268 e. The first kappa shape index (κ1) is 14.0. The lowest BCUT2D eigenvalue weighted by Gasteiger charge is -2.15. The Labute approximate surface area is 138 Å². The molecule has 0 N–H and O–H groups in total. The summed E-state index contributed by atoms with van der Waals surface area (Å²) in [5.74, 6) is -0.0692. The van der Waals surface area contributed by atoms with Gasteiger partial charge in [-0.1, -0.05) is 42.2 Å². The van der Waals surface area contributed by atoms with Gasteiger partial charge in [0.2, 0.25) is 0 Å². The van der Waals surface area contributed by atoms with Crippen LogP contribution in [0.5, 0.6) is 0 Å². The van der Waals surface area contributed by atoms with Crippen molar-refractivity contribution in [2.45, 2.75) is 0 Å². The van der Waals surface area contributed by atoms with Crippen LogP contribution in [0.4, 0.5) is 5.69 Å². The predicted octanol–water partition coefficient (Wildman–Crippen LogP) is 4.92. The Morgan fingerprint density at radius 2 is 2.00 bits per heavy atom. The van der Waals surface area contributed by atoms with Gasteiger partial charge in [0.05, 0.1) is 10.6 Å². The van der Waals surface area contributed by atoms with Crippen molar-refractivity contribution in [1.29, 1.82) is 0 Å². The van der Waals surface area contributed by atoms with E-state index in [-0.39, 0.29) is 5.91 Å². The third kappa shape index (κ3) is 2.61. The number of carbonyl (C=O) groups is 1. The number of carbonyl (C=O) groups excluding carboxylic acids is 1. The number of benzene rings is 1. The molecule has 1 saturated heterocycles. The van der Waals surface area contributed by atoms with Crippen LogP contribution in [0.15, 0.2) is 51.2 Å². The molecule has 0 unspecified atom stereocenters. The minimum Gasteiger partial charge on any atom is -0.268 e. The second kappa shape index (κ2) is 5.81. The zero-order chi connectivity index (χ0) is 14.1. The highest BCUT2D eigenvalue weighted by atomic mass is 79.9. The molecule has 0 bridgehead atoms. The van der Waals surface area contributed by atoms with Crippen LogP contribution >= 0.6 is 51.2 Å². The van der Waals surface area contributed by atoms with Gasteiger partial charge < -0.3 is 0 Å². The van der Waals surface area contributed by atoms with Crippen LogP contribution in [-0.2, 0) is 4.79 Å². The Morgan fingerprint density at radius 3 is 2.70 bits per heavy atom. The summed E-state index contributed by atoms with van der Waals surface area (Å²) in [6, 6.07) is 11.5. The molecule has 2 nitrogen and oxygen atoms in total. The summed E-state index contributed by atoms with van der Waals surface area (Å²) in [4.78, 5) is 15.8. The Hall–Kier alpha value is -0.950. The van der Waals surface area contributed by atoms with Gasteiger partial charge in [0, 0.05) is 9.35 Å². The molecule has 2 aromatic rings. The molecule has 0 saturated carbocycles. The number of rotatable bonds is 2. The van der Waals surface area contributed by atoms with Crippen molar-refractivity contribution in [3.8, 4) is 0 Å². The van der Waals surface area contributed by atoms with Crippen LogP contribution in [0.1, 0.15) is 4.88 Å². The van der Waals surface area contributed by atoms with E-state index in [1.54, 1.807) is 16.2 Å². The Balaban J connectivity index is 1.98. The molecule has 0 radical (unpaired) electrons. The number of hydrogen-bond acceptors (Lipinski definition) is 4. The Bertz CT molecular complexity index is 709. The summed E-state index contributed by atoms with van der Waals surface area (Å²) in [5, 5.41) is 1.99. The summed E-state index contributed by atoms with van der Waals surface area (Å²) in [6.07, 6.45) is 1.89. The fourth-order valence-corrected chi connectivity index (χ4v) is 4.28. The highest BCUT2D eigenvalue weighted by Crippen LogP contribution is 2.39. The zero-order valence-corrected chi connectivity index (χ0v) is 14.1. The number of thioether (sulfide) groups is 1. The maximum absolute atomic E-state index is 12.5. The average Bonchev–Trinajstić information content (AvgIpc) is 3.01. The normalized spacial score (nSPS) is 17.2. The van der Waals surface area contributed by atoms with Gasteiger partial charge in [-0.15, -0.1) is 11.3 Å². The van der Waals surface area contributed by atoms with Gasteiger partial charge in [0.25, 0.3) is 5.91 Å². The van der Waals surface area contributed by atoms with E-state index in [4.69, 9.17) is 12.2 Å². The van der Waals surface area contributed by atoms with Crippen LogP contribution in [0.3, 0.4) is 0 Å². The van der Waals surface area contributed by atoms with Crippen molar-refractivity contribution < 1.29 is 4.79 Å². The van der Waals surface area contributed by atoms with Gasteiger partial charge in [-0.3, -0.25) is 9.69 Å². The molecule has 1 aromatic carbocycles. The lowest BCUT2D eigenvalue weighted by atomic mass is 10.3. The number of para-hydroxylation sites is 1. The highest BCUT2D eigenvalue weighted by molar-refractivity contribution is 9.10. The summed E-state index contributed by atoms with van der Waals surface area (Å²) in [6.45, 7) is 0. The minimum atomic E-state index is -0.0692. The second-order valence-corrected chi connectivity index (χ2v) is 7.49. The standard InChI is InChI=1S/C14H8BrNOS3/c15-10-5-1-2-6-11(10)16-13(17)12(20-14(16)18)8-9-4-3-7-19-9/h1-8H/b12-8+. The van der Waals surface area contributed by atoms with Crippen molar-refractivity contribution in [3.63, 3.8) is 0 Å². The fraction of sp³-hybridized carbons (Fsp3) is 0. The summed E-state index contributed by atoms with van der Waals surface area (Å²) in [7, 11) is 0. The lowest BCUT2D eigenvalue weighted by molar-refractivity contribution is -0.113. The van der Waals surface area contributed by atoms with Gasteiger partial charge in [-0.25, -0.2) is 0 Å². The predicted molar refractivity (Wildman–Crippen MR) is 94.1 cm³/mol. The number of thiophene rings is 1. The number of halogens is 1. The van der Waals surface area contributed by atoms with Gasteiger partial charge in [0.1, 0.15) is 0 Å². The maximum atomic E-state index is 12.5. The van der Waals surface area contributed by atoms with E-state index in [1.807, 2.05) is 47.9 Å². The second-order valence-electron chi connectivity index (χ2n) is 3.98. The first-order valence-corrected chi connectivity index (χ1v) is 8.62. The van der Waals surface area contributed by atoms with Crippen LogP contribution in [0.2, 0.25) is 0 Å². The SMILES string of the molecule is O=C1/C(=C\c2cccs2)SC(=S)N1c1ccccc1Br. The van der Waals surface area contributed by atoms with Crippen molar-refractivity contribution in [3.05, 3.63) is 56.0 Å². The molecule has 2 heterocycles. The van der Waals surface area contributed by atoms with E-state index < -0.39 is 0 Å². The number of anilines is 1. The van der Waals surface area contributed by atoms with Crippen LogP contribution in [0, 0.1) is 0 Å². The molecular weight excluding hydrogens is 374 g/mol. The largest absolute Gasteiger partial charge is 0.270 e. The summed E-state index contributed by atoms with van der Waals surface area (Å²) in [5.41, 5.74) is 0.782. The van der Waals surface area contributed by atoms with E-state index in [0.29, 0.717) is 9.23 Å². The number of nitrogens with zero attached hydrogens (tertiary/aromatic N) is 1. The molecule has 1 aliphatic heterocycles. The van der Waals surface area contributed by atoms with Crippen molar-refractivity contribution in [2.75, 3.05) is 4.90 Å². The first-order valence-electron chi connectivity index (χ1n) is 5.73. The van der Waals surface area contributed by atoms with Crippen LogP contribution in [0.25, 0.3) is 6.08 Å². The molecule has 0 spiro atoms. The third-order valence-electron chi connectivity index (χ3n) is 2.70. The summed E-state index contributed by atoms with van der Waals surface area (Å²) >= 11 is 11.7. The lowest BCUT2D eigenvalue weighted by Crippen LogP contribution is -2.27. The van der Waals surface area contributed by atoms with Gasteiger partial charge >= 0.3 is 0 Å². The van der Waals surface area contributed by atoms with Gasteiger partial charge in [-0.2, -0.15) is 0 Å². The minimum absolute atomic E-state index is 0.0692. The average molecular weight is 382 g/mol. The van der Waals surface area contributed by atoms with Crippen LogP contribution < -0.4 is 4.90 Å². The molecule has 1 aliphatic rings. The molecule has 1 aromatic heterocycles. The quantitative estimate of drug-likeness (QED) is 0.543. The zero-order valence-electron chi connectivity index (χ0n) is 10.1.